The maximum Gasteiger partial charge on any atom is 0.107 e. The first-order valence-electron chi connectivity index (χ1n) is 5.95. The van der Waals surface area contributed by atoms with Gasteiger partial charge in [0.2, 0.25) is 0 Å². The van der Waals surface area contributed by atoms with E-state index < -0.39 is 6.17 Å². The van der Waals surface area contributed by atoms with Crippen molar-refractivity contribution in [1.29, 1.82) is 0 Å². The molecule has 1 heteroatoms. The molecule has 0 N–H and O–H groups in total. The number of alkyl halides is 1. The summed E-state index contributed by atoms with van der Waals surface area (Å²) in [5, 5.41) is 0. The van der Waals surface area contributed by atoms with Crippen molar-refractivity contribution < 1.29 is 4.39 Å². The average molecular weight is 206 g/mol. The van der Waals surface area contributed by atoms with E-state index in [0.717, 1.165) is 12.8 Å². The molecule has 0 bridgehead atoms. The molecule has 0 heterocycles. The lowest BCUT2D eigenvalue weighted by Gasteiger charge is -2.39. The first-order chi connectivity index (χ1) is 7.26. The molecular formula is C14H19F. The van der Waals surface area contributed by atoms with E-state index in [4.69, 9.17) is 0 Å². The number of rotatable bonds is 2. The predicted octanol–water partition coefficient (Wildman–Crippen LogP) is 4.25. The summed E-state index contributed by atoms with van der Waals surface area (Å²) in [5.74, 6) is 0. The van der Waals surface area contributed by atoms with Crippen molar-refractivity contribution in [3.63, 3.8) is 0 Å². The van der Waals surface area contributed by atoms with E-state index in [1.165, 1.54) is 24.8 Å². The lowest BCUT2D eigenvalue weighted by molar-refractivity contribution is 0.151. The van der Waals surface area contributed by atoms with Gasteiger partial charge in [-0.2, -0.15) is 0 Å². The maximum absolute atomic E-state index is 13.9. The lowest BCUT2D eigenvalue weighted by atomic mass is 9.67. The third kappa shape index (κ3) is 1.92. The summed E-state index contributed by atoms with van der Waals surface area (Å²) in [6.07, 6.45) is 4.89. The van der Waals surface area contributed by atoms with Gasteiger partial charge in [-0.15, -0.1) is 0 Å². The minimum Gasteiger partial charge on any atom is -0.247 e. The Hall–Kier alpha value is -0.850. The second-order valence-corrected chi connectivity index (χ2v) is 4.70. The van der Waals surface area contributed by atoms with E-state index in [9.17, 15) is 4.39 Å². The van der Waals surface area contributed by atoms with Gasteiger partial charge in [-0.25, -0.2) is 4.39 Å². The van der Waals surface area contributed by atoms with Crippen molar-refractivity contribution in [2.24, 2.45) is 0 Å². The van der Waals surface area contributed by atoms with Crippen molar-refractivity contribution in [2.75, 3.05) is 0 Å². The van der Waals surface area contributed by atoms with Gasteiger partial charge in [-0.1, -0.05) is 49.6 Å². The van der Waals surface area contributed by atoms with Crippen LogP contribution in [0.5, 0.6) is 0 Å². The lowest BCUT2D eigenvalue weighted by Crippen LogP contribution is -2.37. The summed E-state index contributed by atoms with van der Waals surface area (Å²) in [6, 6.07) is 10.2. The van der Waals surface area contributed by atoms with Crippen LogP contribution in [0.2, 0.25) is 0 Å². The van der Waals surface area contributed by atoms with Crippen molar-refractivity contribution in [3.05, 3.63) is 35.9 Å². The monoisotopic (exact) mass is 206 g/mol. The Labute approximate surface area is 91.5 Å². The highest BCUT2D eigenvalue weighted by atomic mass is 19.1. The molecular weight excluding hydrogens is 187 g/mol. The van der Waals surface area contributed by atoms with Crippen LogP contribution in [0.15, 0.2) is 30.3 Å². The Bertz CT molecular complexity index is 296. The van der Waals surface area contributed by atoms with Gasteiger partial charge in [0, 0.05) is 5.41 Å². The Morgan fingerprint density at radius 3 is 2.20 bits per heavy atom. The van der Waals surface area contributed by atoms with E-state index in [1.54, 1.807) is 6.92 Å². The highest BCUT2D eigenvalue weighted by Gasteiger charge is 2.39. The number of hydrogen-bond donors (Lipinski definition) is 0. The SMILES string of the molecule is CC(F)C1(c2ccccc2)CCCCC1. The second-order valence-electron chi connectivity index (χ2n) is 4.70. The van der Waals surface area contributed by atoms with Crippen LogP contribution in [0.3, 0.4) is 0 Å². The van der Waals surface area contributed by atoms with Gasteiger partial charge < -0.3 is 0 Å². The summed E-state index contributed by atoms with van der Waals surface area (Å²) >= 11 is 0. The maximum atomic E-state index is 13.9. The molecule has 0 aromatic heterocycles. The first kappa shape index (κ1) is 10.7. The molecule has 1 aliphatic rings. The Balaban J connectivity index is 2.34. The molecule has 1 aliphatic carbocycles. The minimum absolute atomic E-state index is 0.195. The third-order valence-corrected chi connectivity index (χ3v) is 3.86. The molecule has 1 aromatic carbocycles. The smallest absolute Gasteiger partial charge is 0.107 e. The average Bonchev–Trinajstić information content (AvgIpc) is 2.31. The van der Waals surface area contributed by atoms with Gasteiger partial charge in [0.25, 0.3) is 0 Å². The van der Waals surface area contributed by atoms with Crippen molar-refractivity contribution in [3.8, 4) is 0 Å². The molecule has 82 valence electrons. The van der Waals surface area contributed by atoms with Crippen LogP contribution in [0.25, 0.3) is 0 Å². The molecule has 1 unspecified atom stereocenters. The highest BCUT2D eigenvalue weighted by Crippen LogP contribution is 2.43. The fourth-order valence-corrected chi connectivity index (χ4v) is 2.87. The number of halogens is 1. The molecule has 0 saturated heterocycles. The van der Waals surface area contributed by atoms with Crippen molar-refractivity contribution in [2.45, 2.75) is 50.6 Å². The van der Waals surface area contributed by atoms with Gasteiger partial charge in [0.15, 0.2) is 0 Å². The molecule has 0 amide bonds. The zero-order valence-corrected chi connectivity index (χ0v) is 9.38. The van der Waals surface area contributed by atoms with Crippen LogP contribution in [0.4, 0.5) is 4.39 Å². The largest absolute Gasteiger partial charge is 0.247 e. The Morgan fingerprint density at radius 2 is 1.67 bits per heavy atom. The molecule has 2 rings (SSSR count). The summed E-state index contributed by atoms with van der Waals surface area (Å²) in [4.78, 5) is 0. The summed E-state index contributed by atoms with van der Waals surface area (Å²) < 4.78 is 13.9. The molecule has 1 fully saturated rings. The van der Waals surface area contributed by atoms with Crippen molar-refractivity contribution in [1.82, 2.24) is 0 Å². The summed E-state index contributed by atoms with van der Waals surface area (Å²) in [7, 11) is 0. The second kappa shape index (κ2) is 4.34. The van der Waals surface area contributed by atoms with Crippen LogP contribution in [-0.4, -0.2) is 6.17 Å². The Morgan fingerprint density at radius 1 is 1.07 bits per heavy atom. The topological polar surface area (TPSA) is 0 Å². The molecule has 0 spiro atoms. The molecule has 0 radical (unpaired) electrons. The minimum atomic E-state index is -0.736. The third-order valence-electron chi connectivity index (χ3n) is 3.86. The Kier molecular flexibility index (Phi) is 3.08. The zero-order chi connectivity index (χ0) is 10.7. The number of benzene rings is 1. The van der Waals surface area contributed by atoms with E-state index in [0.29, 0.717) is 0 Å². The summed E-state index contributed by atoms with van der Waals surface area (Å²) in [6.45, 7) is 1.72. The van der Waals surface area contributed by atoms with Crippen LogP contribution in [0.1, 0.15) is 44.6 Å². The highest BCUT2D eigenvalue weighted by molar-refractivity contribution is 5.27. The van der Waals surface area contributed by atoms with Gasteiger partial charge in [0.1, 0.15) is 6.17 Å². The van der Waals surface area contributed by atoms with E-state index in [1.807, 2.05) is 18.2 Å². The van der Waals surface area contributed by atoms with Gasteiger partial charge in [0.05, 0.1) is 0 Å². The van der Waals surface area contributed by atoms with Crippen LogP contribution in [0, 0.1) is 0 Å². The van der Waals surface area contributed by atoms with Gasteiger partial charge in [-0.05, 0) is 25.3 Å². The molecule has 1 aromatic rings. The van der Waals surface area contributed by atoms with Crippen LogP contribution >= 0.6 is 0 Å². The first-order valence-corrected chi connectivity index (χ1v) is 5.95. The predicted molar refractivity (Wildman–Crippen MR) is 61.8 cm³/mol. The van der Waals surface area contributed by atoms with Gasteiger partial charge in [-0.3, -0.25) is 0 Å². The summed E-state index contributed by atoms with van der Waals surface area (Å²) in [5.41, 5.74) is 0.999. The normalized spacial score (nSPS) is 22.3. The number of hydrogen-bond acceptors (Lipinski definition) is 0. The zero-order valence-electron chi connectivity index (χ0n) is 9.38. The van der Waals surface area contributed by atoms with Gasteiger partial charge >= 0.3 is 0 Å². The fraction of sp³-hybridized carbons (Fsp3) is 0.571. The van der Waals surface area contributed by atoms with E-state index >= 15 is 0 Å². The standard InChI is InChI=1S/C14H19F/c1-12(15)14(10-6-3-7-11-14)13-8-4-2-5-9-13/h2,4-5,8-9,12H,3,6-7,10-11H2,1H3. The quantitative estimate of drug-likeness (QED) is 0.678. The molecule has 1 atom stereocenters. The van der Waals surface area contributed by atoms with Crippen LogP contribution < -0.4 is 0 Å². The molecule has 0 nitrogen and oxygen atoms in total. The van der Waals surface area contributed by atoms with Crippen molar-refractivity contribution >= 4 is 0 Å². The van der Waals surface area contributed by atoms with E-state index in [2.05, 4.69) is 12.1 Å². The molecule has 15 heavy (non-hydrogen) atoms. The van der Waals surface area contributed by atoms with E-state index in [-0.39, 0.29) is 5.41 Å². The molecule has 1 saturated carbocycles. The van der Waals surface area contributed by atoms with Crippen LogP contribution in [-0.2, 0) is 5.41 Å². The molecule has 0 aliphatic heterocycles. The fourth-order valence-electron chi connectivity index (χ4n) is 2.87.